The Morgan fingerprint density at radius 2 is 1.68 bits per heavy atom. The van der Waals surface area contributed by atoms with Gasteiger partial charge in [0.1, 0.15) is 42.7 Å². The fourth-order valence-corrected chi connectivity index (χ4v) is 4.27. The number of aromatic amines is 1. The van der Waals surface area contributed by atoms with Crippen LogP contribution in [0.4, 0.5) is 0 Å². The molecule has 2 heterocycles. The lowest BCUT2D eigenvalue weighted by Gasteiger charge is -2.22. The van der Waals surface area contributed by atoms with Crippen molar-refractivity contribution in [2.45, 2.75) is 49.0 Å². The van der Waals surface area contributed by atoms with E-state index in [0.29, 0.717) is 0 Å². The Morgan fingerprint density at radius 3 is 2.16 bits per heavy atom. The van der Waals surface area contributed by atoms with Crippen molar-refractivity contribution in [3.05, 3.63) is 33.1 Å². The van der Waals surface area contributed by atoms with Crippen LogP contribution in [0.1, 0.15) is 6.23 Å². The van der Waals surface area contributed by atoms with Crippen LogP contribution >= 0.6 is 15.6 Å². The average Bonchev–Trinajstić information content (AvgIpc) is 3.08. The lowest BCUT2D eigenvalue weighted by Crippen LogP contribution is -2.46. The normalized spacial score (nSPS) is 26.8. The van der Waals surface area contributed by atoms with Crippen molar-refractivity contribution in [1.29, 1.82) is 0 Å². The molecule has 1 unspecified atom stereocenters. The number of carbonyl (C=O) groups excluding carboxylic acids is 1. The summed E-state index contributed by atoms with van der Waals surface area (Å²) in [5.41, 5.74) is -1.65. The largest absolute Gasteiger partial charge is 0.481 e. The molecule has 0 spiro atoms. The van der Waals surface area contributed by atoms with Gasteiger partial charge in [0.05, 0.1) is 13.2 Å². The summed E-state index contributed by atoms with van der Waals surface area (Å²) in [7, 11) is -10.5. The highest BCUT2D eigenvalue weighted by atomic mass is 31.3. The van der Waals surface area contributed by atoms with Crippen molar-refractivity contribution in [2.75, 3.05) is 13.2 Å². The van der Waals surface area contributed by atoms with Crippen molar-refractivity contribution in [3.8, 4) is 0 Å². The number of aldehydes is 1. The number of carbonyl (C=O) groups is 1. The van der Waals surface area contributed by atoms with Crippen molar-refractivity contribution in [1.82, 2.24) is 9.55 Å². The van der Waals surface area contributed by atoms with Gasteiger partial charge in [0.2, 0.25) is 0 Å². The van der Waals surface area contributed by atoms with Gasteiger partial charge in [-0.15, -0.1) is 0 Å². The molecule has 37 heavy (non-hydrogen) atoms. The van der Waals surface area contributed by atoms with Gasteiger partial charge >= 0.3 is 21.3 Å². The Balaban J connectivity index is 0.000000482. The van der Waals surface area contributed by atoms with Gasteiger partial charge < -0.3 is 60.0 Å². The zero-order valence-electron chi connectivity index (χ0n) is 18.3. The number of phosphoric acid groups is 2. The summed E-state index contributed by atoms with van der Waals surface area (Å²) in [6.45, 7) is -1.66. The zero-order valence-corrected chi connectivity index (χ0v) is 20.1. The van der Waals surface area contributed by atoms with Crippen LogP contribution in [0.25, 0.3) is 0 Å². The second kappa shape index (κ2) is 13.9. The van der Waals surface area contributed by atoms with Crippen LogP contribution in [-0.2, 0) is 27.5 Å². The Morgan fingerprint density at radius 1 is 1.08 bits per heavy atom. The smallest absolute Gasteiger partial charge is 0.394 e. The molecular weight excluding hydrogens is 558 g/mol. The molecule has 2 rings (SSSR count). The van der Waals surface area contributed by atoms with Gasteiger partial charge in [-0.2, -0.15) is 4.31 Å². The number of phosphoric ester groups is 1. The minimum Gasteiger partial charge on any atom is -0.394 e. The summed E-state index contributed by atoms with van der Waals surface area (Å²) in [6.07, 6.45) is -12.1. The standard InChI is InChI=1S/C9H14N2O12P2.C6H12O6/c12-5-1-2-11(9(15)10-5)8-7(14)6(13)4(22-8)3-21-25(19,20)23-24(16,17)18;7-1-3(9)5(11)6(12)4(10)2-8/h1-2,4,6-8,13-14H,3H2,(H,19,20)(H,10,12,15)(H2,16,17,18);1,3-6,8-12H,2H2/t4-,6-,7-,8-;3-,4-,5-,6-/m11/s1. The topological polar surface area (TPSA) is 336 Å². The summed E-state index contributed by atoms with van der Waals surface area (Å²) < 4.78 is 35.6. The third kappa shape index (κ3) is 10.2. The fraction of sp³-hybridized carbons (Fsp3) is 0.667. The maximum atomic E-state index is 11.7. The van der Waals surface area contributed by atoms with Crippen LogP contribution in [-0.4, -0.2) is 122 Å². The summed E-state index contributed by atoms with van der Waals surface area (Å²) in [4.78, 5) is 60.6. The SMILES string of the molecule is O=C[C@@H](O)[C@@H](O)[C@H](O)[C@H](O)CO.O=c1ccn([C@@H]2O[C@H](COP(=O)(O)OP(=O)(O)O)[C@@H](O)[C@H]2O)c(=O)[nH]1. The van der Waals surface area contributed by atoms with Crippen LogP contribution in [0.2, 0.25) is 0 Å². The molecular formula is C15H26N2O18P2. The molecule has 20 nitrogen and oxygen atoms in total. The molecule has 1 aliphatic rings. The van der Waals surface area contributed by atoms with E-state index >= 15 is 0 Å². The van der Waals surface area contributed by atoms with E-state index in [1.807, 2.05) is 4.98 Å². The van der Waals surface area contributed by atoms with Gasteiger partial charge in [0.15, 0.2) is 12.5 Å². The third-order valence-electron chi connectivity index (χ3n) is 4.49. The summed E-state index contributed by atoms with van der Waals surface area (Å²) in [5.74, 6) is 0. The molecule has 22 heteroatoms. The first-order valence-corrected chi connectivity index (χ1v) is 12.8. The highest BCUT2D eigenvalue weighted by Crippen LogP contribution is 2.57. The fourth-order valence-electron chi connectivity index (χ4n) is 2.67. The van der Waals surface area contributed by atoms with E-state index in [9.17, 15) is 33.7 Å². The summed E-state index contributed by atoms with van der Waals surface area (Å²) >= 11 is 0. The number of rotatable bonds is 11. The van der Waals surface area contributed by atoms with Crippen LogP contribution < -0.4 is 11.2 Å². The van der Waals surface area contributed by atoms with Gasteiger partial charge in [-0.25, -0.2) is 13.9 Å². The van der Waals surface area contributed by atoms with Gasteiger partial charge in [-0.3, -0.25) is 18.9 Å². The van der Waals surface area contributed by atoms with Crippen LogP contribution in [0.3, 0.4) is 0 Å². The molecule has 1 aliphatic heterocycles. The molecule has 0 bridgehead atoms. The van der Waals surface area contributed by atoms with Gasteiger partial charge in [-0.05, 0) is 0 Å². The quantitative estimate of drug-likeness (QED) is 0.0851. The molecule has 0 radical (unpaired) electrons. The Bertz CT molecular complexity index is 1090. The lowest BCUT2D eigenvalue weighted by molar-refractivity contribution is -0.136. The maximum absolute atomic E-state index is 11.7. The minimum absolute atomic E-state index is 0.0258. The minimum atomic E-state index is -5.32. The maximum Gasteiger partial charge on any atom is 0.481 e. The monoisotopic (exact) mass is 584 g/mol. The third-order valence-corrected chi connectivity index (χ3v) is 6.65. The van der Waals surface area contributed by atoms with E-state index in [2.05, 4.69) is 8.83 Å². The average molecular weight is 584 g/mol. The van der Waals surface area contributed by atoms with E-state index < -0.39 is 89.1 Å². The molecule has 214 valence electrons. The molecule has 9 atom stereocenters. The molecule has 1 saturated heterocycles. The Labute approximate surface area is 205 Å². The molecule has 11 N–H and O–H groups in total. The second-order valence-corrected chi connectivity index (χ2v) is 10.1. The molecule has 0 saturated carbocycles. The molecule has 1 aromatic rings. The first-order chi connectivity index (χ1) is 16.9. The lowest BCUT2D eigenvalue weighted by atomic mass is 10.0. The number of ether oxygens (including phenoxy) is 1. The van der Waals surface area contributed by atoms with Gasteiger partial charge in [0.25, 0.3) is 5.56 Å². The van der Waals surface area contributed by atoms with Crippen LogP contribution in [0.5, 0.6) is 0 Å². The van der Waals surface area contributed by atoms with Crippen molar-refractivity contribution < 1.29 is 77.9 Å². The summed E-state index contributed by atoms with van der Waals surface area (Å²) in [6, 6.07) is 0.962. The van der Waals surface area contributed by atoms with Gasteiger partial charge in [0, 0.05) is 12.3 Å². The predicted octanol–water partition coefficient (Wildman–Crippen LogP) is -6.00. The van der Waals surface area contributed by atoms with Crippen molar-refractivity contribution in [2.24, 2.45) is 0 Å². The number of nitrogens with zero attached hydrogens (tertiary/aromatic N) is 1. The number of hydrogen-bond acceptors (Lipinski definition) is 15. The number of hydrogen-bond donors (Lipinski definition) is 11. The van der Waals surface area contributed by atoms with E-state index in [0.717, 1.165) is 16.8 Å². The van der Waals surface area contributed by atoms with Crippen LogP contribution in [0, 0.1) is 0 Å². The molecule has 1 aromatic heterocycles. The predicted molar refractivity (Wildman–Crippen MR) is 113 cm³/mol. The van der Waals surface area contributed by atoms with E-state index in [1.54, 1.807) is 0 Å². The highest BCUT2D eigenvalue weighted by molar-refractivity contribution is 7.60. The Kier molecular flexibility index (Phi) is 12.5. The van der Waals surface area contributed by atoms with Crippen molar-refractivity contribution in [3.63, 3.8) is 0 Å². The Hall–Kier alpha value is -1.71. The summed E-state index contributed by atoms with van der Waals surface area (Å²) in [5, 5.41) is 63.3. The number of aromatic nitrogens is 2. The van der Waals surface area contributed by atoms with E-state index in [-0.39, 0.29) is 6.29 Å². The number of nitrogens with one attached hydrogen (secondary N) is 1. The first kappa shape index (κ1) is 33.3. The number of aliphatic hydroxyl groups is 7. The molecule has 0 amide bonds. The number of aliphatic hydroxyl groups excluding tert-OH is 7. The molecule has 0 aromatic carbocycles. The van der Waals surface area contributed by atoms with E-state index in [1.165, 1.54) is 0 Å². The molecule has 1 fully saturated rings. The van der Waals surface area contributed by atoms with Crippen LogP contribution in [0.15, 0.2) is 21.9 Å². The zero-order chi connectivity index (χ0) is 28.7. The first-order valence-electron chi connectivity index (χ1n) is 9.79. The van der Waals surface area contributed by atoms with Crippen molar-refractivity contribution >= 4 is 21.9 Å². The highest BCUT2D eigenvalue weighted by Gasteiger charge is 2.45. The van der Waals surface area contributed by atoms with Gasteiger partial charge in [-0.1, -0.05) is 0 Å². The molecule has 0 aliphatic carbocycles. The van der Waals surface area contributed by atoms with E-state index in [4.69, 9.17) is 44.9 Å². The number of H-pyrrole nitrogens is 1. The second-order valence-electron chi connectivity index (χ2n) is 7.26.